The van der Waals surface area contributed by atoms with Gasteiger partial charge in [0.1, 0.15) is 0 Å². The number of hydrogen-bond acceptors (Lipinski definition) is 5. The van der Waals surface area contributed by atoms with Gasteiger partial charge in [-0.05, 0) is 55.5 Å². The number of thioether (sulfide) groups is 1. The fraction of sp³-hybridized carbons (Fsp3) is 0.0909. The maximum atomic E-state index is 12.3. The molecule has 3 aromatic carbocycles. The van der Waals surface area contributed by atoms with Crippen molar-refractivity contribution < 1.29 is 18.0 Å². The number of carbonyl (C=O) groups is 2. The number of nitrogens with one attached hydrogen (secondary N) is 3. The molecule has 31 heavy (non-hydrogen) atoms. The van der Waals surface area contributed by atoms with Crippen molar-refractivity contribution in [1.82, 2.24) is 10.9 Å². The summed E-state index contributed by atoms with van der Waals surface area (Å²) in [5.41, 5.74) is 6.44. The van der Waals surface area contributed by atoms with Crippen molar-refractivity contribution >= 4 is 39.3 Å². The van der Waals surface area contributed by atoms with E-state index in [0.29, 0.717) is 5.69 Å². The Kier molecular flexibility index (Phi) is 7.32. The number of sulfonamides is 1. The molecule has 3 aromatic rings. The molecule has 3 rings (SSSR count). The topological polar surface area (TPSA) is 104 Å². The lowest BCUT2D eigenvalue weighted by Crippen LogP contribution is -2.42. The molecule has 0 aliphatic carbocycles. The summed E-state index contributed by atoms with van der Waals surface area (Å²) in [6.45, 7) is 1.99. The summed E-state index contributed by atoms with van der Waals surface area (Å²) in [5.74, 6) is -0.693. The Bertz CT molecular complexity index is 1150. The third-order valence-corrected chi connectivity index (χ3v) is 6.57. The molecule has 3 N–H and O–H groups in total. The second-order valence-electron chi connectivity index (χ2n) is 6.60. The molecule has 0 aliphatic rings. The number of carbonyl (C=O) groups excluding carboxylic acids is 2. The van der Waals surface area contributed by atoms with Gasteiger partial charge < -0.3 is 0 Å². The highest BCUT2D eigenvalue weighted by Crippen LogP contribution is 2.18. The minimum absolute atomic E-state index is 0.142. The fourth-order valence-electron chi connectivity index (χ4n) is 2.52. The highest BCUT2D eigenvalue weighted by molar-refractivity contribution is 8.00. The Hall–Kier alpha value is -3.30. The van der Waals surface area contributed by atoms with Crippen LogP contribution in [0.15, 0.2) is 88.7 Å². The monoisotopic (exact) mass is 455 g/mol. The molecule has 0 bridgehead atoms. The van der Waals surface area contributed by atoms with E-state index in [-0.39, 0.29) is 22.1 Å². The van der Waals surface area contributed by atoms with Gasteiger partial charge in [-0.3, -0.25) is 25.2 Å². The first kappa shape index (κ1) is 22.4. The molecule has 0 heterocycles. The lowest BCUT2D eigenvalue weighted by molar-refractivity contribution is -0.119. The van der Waals surface area contributed by atoms with E-state index in [9.17, 15) is 18.0 Å². The van der Waals surface area contributed by atoms with Crippen molar-refractivity contribution in [3.05, 3.63) is 90.0 Å². The zero-order chi connectivity index (χ0) is 22.3. The van der Waals surface area contributed by atoms with Gasteiger partial charge in [0.25, 0.3) is 15.9 Å². The predicted molar refractivity (Wildman–Crippen MR) is 121 cm³/mol. The van der Waals surface area contributed by atoms with E-state index in [4.69, 9.17) is 0 Å². The largest absolute Gasteiger partial charge is 0.280 e. The maximum Gasteiger partial charge on any atom is 0.269 e. The van der Waals surface area contributed by atoms with Crippen LogP contribution in [0.3, 0.4) is 0 Å². The van der Waals surface area contributed by atoms with E-state index in [1.54, 1.807) is 18.2 Å². The number of hydrazine groups is 1. The lowest BCUT2D eigenvalue weighted by Gasteiger charge is -2.10. The van der Waals surface area contributed by atoms with Crippen LogP contribution in [-0.2, 0) is 14.8 Å². The third kappa shape index (κ3) is 6.59. The first-order chi connectivity index (χ1) is 14.8. The van der Waals surface area contributed by atoms with Gasteiger partial charge in [-0.1, -0.05) is 35.9 Å². The molecular weight excluding hydrogens is 434 g/mol. The lowest BCUT2D eigenvalue weighted by atomic mass is 10.2. The highest BCUT2D eigenvalue weighted by Gasteiger charge is 2.14. The smallest absolute Gasteiger partial charge is 0.269 e. The maximum absolute atomic E-state index is 12.3. The minimum Gasteiger partial charge on any atom is -0.280 e. The summed E-state index contributed by atoms with van der Waals surface area (Å²) in [7, 11) is -3.71. The Balaban J connectivity index is 1.49. The number of amides is 2. The summed E-state index contributed by atoms with van der Waals surface area (Å²) in [5, 5.41) is 0. The zero-order valence-electron chi connectivity index (χ0n) is 16.7. The molecule has 160 valence electrons. The standard InChI is InChI=1S/C22H21N3O4S2/c1-16-7-13-19(14-8-16)30-15-21(26)23-24-22(27)17-9-11-18(12-10-17)25-31(28,29)20-5-3-2-4-6-20/h2-14,25H,15H2,1H3,(H,23,26)(H,24,27). The summed E-state index contributed by atoms with van der Waals surface area (Å²) in [6.07, 6.45) is 0. The molecule has 0 aromatic heterocycles. The first-order valence-corrected chi connectivity index (χ1v) is 11.8. The number of benzene rings is 3. The third-order valence-electron chi connectivity index (χ3n) is 4.16. The molecule has 7 nitrogen and oxygen atoms in total. The summed E-state index contributed by atoms with van der Waals surface area (Å²) >= 11 is 1.36. The molecule has 0 aliphatic heterocycles. The van der Waals surface area contributed by atoms with Gasteiger partial charge >= 0.3 is 0 Å². The van der Waals surface area contributed by atoms with E-state index in [1.165, 1.54) is 48.2 Å². The van der Waals surface area contributed by atoms with Crippen molar-refractivity contribution in [2.75, 3.05) is 10.5 Å². The fourth-order valence-corrected chi connectivity index (χ4v) is 4.30. The Morgan fingerprint density at radius 3 is 2.13 bits per heavy atom. The molecule has 0 saturated carbocycles. The van der Waals surface area contributed by atoms with Crippen molar-refractivity contribution in [2.24, 2.45) is 0 Å². The van der Waals surface area contributed by atoms with Gasteiger partial charge in [0.2, 0.25) is 5.91 Å². The minimum atomic E-state index is -3.71. The van der Waals surface area contributed by atoms with Crippen LogP contribution >= 0.6 is 11.8 Å². The molecule has 0 fully saturated rings. The summed E-state index contributed by atoms with van der Waals surface area (Å²) in [4.78, 5) is 25.2. The molecular formula is C22H21N3O4S2. The first-order valence-electron chi connectivity index (χ1n) is 9.30. The van der Waals surface area contributed by atoms with E-state index < -0.39 is 15.9 Å². The molecule has 0 spiro atoms. The average Bonchev–Trinajstić information content (AvgIpc) is 2.78. The van der Waals surface area contributed by atoms with Crippen LogP contribution in [0.1, 0.15) is 15.9 Å². The van der Waals surface area contributed by atoms with Gasteiger partial charge in [0.15, 0.2) is 0 Å². The van der Waals surface area contributed by atoms with Gasteiger partial charge in [-0.2, -0.15) is 0 Å². The van der Waals surface area contributed by atoms with Gasteiger partial charge in [0, 0.05) is 16.1 Å². The van der Waals surface area contributed by atoms with E-state index in [1.807, 2.05) is 31.2 Å². The van der Waals surface area contributed by atoms with Gasteiger partial charge in [-0.25, -0.2) is 8.42 Å². The van der Waals surface area contributed by atoms with Crippen LogP contribution in [-0.4, -0.2) is 26.0 Å². The Labute approximate surface area is 185 Å². The summed E-state index contributed by atoms with van der Waals surface area (Å²) in [6, 6.07) is 21.6. The Morgan fingerprint density at radius 2 is 1.48 bits per heavy atom. The second-order valence-corrected chi connectivity index (χ2v) is 9.33. The second kappa shape index (κ2) is 10.1. The van der Waals surface area contributed by atoms with Crippen LogP contribution in [0, 0.1) is 6.92 Å². The van der Waals surface area contributed by atoms with E-state index in [0.717, 1.165) is 10.5 Å². The molecule has 9 heteroatoms. The Morgan fingerprint density at radius 1 is 0.839 bits per heavy atom. The van der Waals surface area contributed by atoms with E-state index >= 15 is 0 Å². The van der Waals surface area contributed by atoms with Gasteiger partial charge in [-0.15, -0.1) is 11.8 Å². The van der Waals surface area contributed by atoms with Crippen LogP contribution in [0.4, 0.5) is 5.69 Å². The number of aryl methyl sites for hydroxylation is 1. The average molecular weight is 456 g/mol. The quantitative estimate of drug-likeness (QED) is 0.374. The molecule has 0 unspecified atom stereocenters. The van der Waals surface area contributed by atoms with Crippen LogP contribution in [0.25, 0.3) is 0 Å². The van der Waals surface area contributed by atoms with Crippen molar-refractivity contribution in [3.8, 4) is 0 Å². The van der Waals surface area contributed by atoms with Gasteiger partial charge in [0.05, 0.1) is 10.6 Å². The number of hydrogen-bond donors (Lipinski definition) is 3. The SMILES string of the molecule is Cc1ccc(SCC(=O)NNC(=O)c2ccc(NS(=O)(=O)c3ccccc3)cc2)cc1. The van der Waals surface area contributed by atoms with Crippen molar-refractivity contribution in [3.63, 3.8) is 0 Å². The normalized spacial score (nSPS) is 10.9. The van der Waals surface area contributed by atoms with Crippen LogP contribution in [0.5, 0.6) is 0 Å². The van der Waals surface area contributed by atoms with Crippen molar-refractivity contribution in [2.45, 2.75) is 16.7 Å². The molecule has 0 atom stereocenters. The molecule has 2 amide bonds. The predicted octanol–water partition coefficient (Wildman–Crippen LogP) is 3.35. The summed E-state index contributed by atoms with van der Waals surface area (Å²) < 4.78 is 27.1. The number of rotatable bonds is 7. The van der Waals surface area contributed by atoms with Crippen LogP contribution < -0.4 is 15.6 Å². The number of anilines is 1. The van der Waals surface area contributed by atoms with E-state index in [2.05, 4.69) is 15.6 Å². The molecule has 0 saturated heterocycles. The zero-order valence-corrected chi connectivity index (χ0v) is 18.3. The van der Waals surface area contributed by atoms with Crippen molar-refractivity contribution in [1.29, 1.82) is 0 Å². The van der Waals surface area contributed by atoms with Crippen LogP contribution in [0.2, 0.25) is 0 Å². The molecule has 0 radical (unpaired) electrons. The highest BCUT2D eigenvalue weighted by atomic mass is 32.2.